The number of nitrogens with zero attached hydrogens (tertiary/aromatic N) is 5. The van der Waals surface area contributed by atoms with Crippen LogP contribution in [0.25, 0.3) is 11.4 Å². The van der Waals surface area contributed by atoms with Crippen LogP contribution in [0.4, 0.5) is 11.6 Å². The van der Waals surface area contributed by atoms with Crippen molar-refractivity contribution in [2.75, 3.05) is 24.4 Å². The number of hydrazone groups is 1. The van der Waals surface area contributed by atoms with E-state index in [1.165, 1.54) is 0 Å². The molecule has 0 fully saturated rings. The number of anilines is 2. The van der Waals surface area contributed by atoms with E-state index in [-0.39, 0.29) is 0 Å². The van der Waals surface area contributed by atoms with Crippen molar-refractivity contribution in [3.63, 3.8) is 0 Å². The van der Waals surface area contributed by atoms with Crippen LogP contribution >= 0.6 is 0 Å². The summed E-state index contributed by atoms with van der Waals surface area (Å²) in [4.78, 5) is 10.3. The van der Waals surface area contributed by atoms with Gasteiger partial charge in [-0.15, -0.1) is 5.10 Å². The fourth-order valence-corrected chi connectivity index (χ4v) is 1.97. The van der Waals surface area contributed by atoms with Crippen LogP contribution in [-0.4, -0.2) is 40.5 Å². The van der Waals surface area contributed by atoms with E-state index in [4.69, 9.17) is 0 Å². The quantitative estimate of drug-likeness (QED) is 0.558. The van der Waals surface area contributed by atoms with Crippen LogP contribution in [0, 0.1) is 0 Å². The van der Waals surface area contributed by atoms with Gasteiger partial charge < -0.3 is 4.90 Å². The normalized spacial score (nSPS) is 10.9. The molecule has 0 atom stereocenters. The van der Waals surface area contributed by atoms with E-state index in [0.29, 0.717) is 11.8 Å². The molecule has 0 aliphatic rings. The molecule has 0 aliphatic heterocycles. The van der Waals surface area contributed by atoms with Crippen LogP contribution in [0.2, 0.25) is 0 Å². The summed E-state index contributed by atoms with van der Waals surface area (Å²) in [5.41, 5.74) is 5.87. The Labute approximate surface area is 134 Å². The highest BCUT2D eigenvalue weighted by atomic mass is 15.4. The molecule has 0 saturated heterocycles. The number of rotatable bonds is 5. The SMILES string of the molecule is CN(C)c1ccc(/C=N/Nc2n[nH]c(-c3ccncc3)n2)cc1. The van der Waals surface area contributed by atoms with Crippen LogP contribution in [0.1, 0.15) is 5.56 Å². The van der Waals surface area contributed by atoms with Crippen molar-refractivity contribution in [2.45, 2.75) is 0 Å². The molecule has 3 rings (SSSR count). The van der Waals surface area contributed by atoms with E-state index in [9.17, 15) is 0 Å². The standard InChI is InChI=1S/C16H17N7/c1-23(2)14-5-3-12(4-6-14)11-18-21-16-19-15(20-22-16)13-7-9-17-10-8-13/h3-11H,1-2H3,(H2,19,20,21,22)/b18-11+. The molecule has 116 valence electrons. The number of aromatic nitrogens is 4. The number of H-pyrrole nitrogens is 1. The fourth-order valence-electron chi connectivity index (χ4n) is 1.97. The maximum absolute atomic E-state index is 4.32. The van der Waals surface area contributed by atoms with Gasteiger partial charge in [0.2, 0.25) is 0 Å². The molecule has 23 heavy (non-hydrogen) atoms. The van der Waals surface area contributed by atoms with Gasteiger partial charge in [-0.2, -0.15) is 10.1 Å². The number of pyridine rings is 1. The van der Waals surface area contributed by atoms with E-state index in [0.717, 1.165) is 16.8 Å². The minimum absolute atomic E-state index is 0.415. The lowest BCUT2D eigenvalue weighted by Gasteiger charge is -2.11. The number of nitrogens with one attached hydrogen (secondary N) is 2. The number of benzene rings is 1. The van der Waals surface area contributed by atoms with Crippen molar-refractivity contribution >= 4 is 17.9 Å². The Kier molecular flexibility index (Phi) is 4.28. The average molecular weight is 307 g/mol. The van der Waals surface area contributed by atoms with Crippen molar-refractivity contribution in [3.8, 4) is 11.4 Å². The molecule has 7 nitrogen and oxygen atoms in total. The van der Waals surface area contributed by atoms with Crippen LogP contribution in [0.5, 0.6) is 0 Å². The Bertz CT molecular complexity index is 776. The van der Waals surface area contributed by atoms with Crippen molar-refractivity contribution in [3.05, 3.63) is 54.4 Å². The topological polar surface area (TPSA) is 82.1 Å². The van der Waals surface area contributed by atoms with Gasteiger partial charge in [0.15, 0.2) is 5.82 Å². The molecule has 0 unspecified atom stereocenters. The summed E-state index contributed by atoms with van der Waals surface area (Å²) in [7, 11) is 4.02. The van der Waals surface area contributed by atoms with Crippen LogP contribution < -0.4 is 10.3 Å². The number of hydrogen-bond acceptors (Lipinski definition) is 6. The summed E-state index contributed by atoms with van der Waals surface area (Å²) in [5.74, 6) is 1.08. The second-order valence-corrected chi connectivity index (χ2v) is 5.10. The third-order valence-corrected chi connectivity index (χ3v) is 3.23. The lowest BCUT2D eigenvalue weighted by Crippen LogP contribution is -2.08. The zero-order valence-corrected chi connectivity index (χ0v) is 12.9. The van der Waals surface area contributed by atoms with Crippen LogP contribution in [0.3, 0.4) is 0 Å². The van der Waals surface area contributed by atoms with Gasteiger partial charge in [0.25, 0.3) is 5.95 Å². The molecule has 2 N–H and O–H groups in total. The molecule has 0 saturated carbocycles. The second-order valence-electron chi connectivity index (χ2n) is 5.10. The molecule has 3 aromatic rings. The maximum atomic E-state index is 4.32. The van der Waals surface area contributed by atoms with E-state index >= 15 is 0 Å². The molecule has 0 aliphatic carbocycles. The molecule has 2 aromatic heterocycles. The monoisotopic (exact) mass is 307 g/mol. The molecule has 0 spiro atoms. The summed E-state index contributed by atoms with van der Waals surface area (Å²) in [6, 6.07) is 11.8. The van der Waals surface area contributed by atoms with Gasteiger partial charge in [-0.25, -0.2) is 5.43 Å². The first-order valence-corrected chi connectivity index (χ1v) is 7.11. The molecular formula is C16H17N7. The Morgan fingerprint density at radius 3 is 2.52 bits per heavy atom. The Morgan fingerprint density at radius 2 is 1.83 bits per heavy atom. The zero-order valence-electron chi connectivity index (χ0n) is 12.9. The lowest BCUT2D eigenvalue weighted by molar-refractivity contribution is 1.08. The molecule has 2 heterocycles. The summed E-state index contributed by atoms with van der Waals surface area (Å²) in [5, 5.41) is 11.1. The van der Waals surface area contributed by atoms with Crippen LogP contribution in [-0.2, 0) is 0 Å². The molecular weight excluding hydrogens is 290 g/mol. The van der Waals surface area contributed by atoms with E-state index in [1.807, 2.05) is 55.4 Å². The predicted octanol–water partition coefficient (Wildman–Crippen LogP) is 2.38. The fraction of sp³-hybridized carbons (Fsp3) is 0.125. The van der Waals surface area contributed by atoms with Crippen molar-refractivity contribution < 1.29 is 0 Å². The minimum atomic E-state index is 0.415. The van der Waals surface area contributed by atoms with Gasteiger partial charge in [-0.05, 0) is 29.8 Å². The summed E-state index contributed by atoms with van der Waals surface area (Å²) < 4.78 is 0. The highest BCUT2D eigenvalue weighted by molar-refractivity contribution is 5.80. The second kappa shape index (κ2) is 6.69. The summed E-state index contributed by atoms with van der Waals surface area (Å²) >= 11 is 0. The van der Waals surface area contributed by atoms with Crippen molar-refractivity contribution in [1.29, 1.82) is 0 Å². The van der Waals surface area contributed by atoms with Gasteiger partial charge in [-0.1, -0.05) is 12.1 Å². The van der Waals surface area contributed by atoms with E-state index in [2.05, 4.69) is 30.7 Å². The van der Waals surface area contributed by atoms with Crippen LogP contribution in [0.15, 0.2) is 53.9 Å². The van der Waals surface area contributed by atoms with Gasteiger partial charge in [-0.3, -0.25) is 10.1 Å². The smallest absolute Gasteiger partial charge is 0.262 e. The van der Waals surface area contributed by atoms with Gasteiger partial charge in [0, 0.05) is 37.7 Å². The minimum Gasteiger partial charge on any atom is -0.378 e. The lowest BCUT2D eigenvalue weighted by atomic mass is 10.2. The maximum Gasteiger partial charge on any atom is 0.262 e. The van der Waals surface area contributed by atoms with Crippen molar-refractivity contribution in [2.24, 2.45) is 5.10 Å². The third kappa shape index (κ3) is 3.70. The summed E-state index contributed by atoms with van der Waals surface area (Å²) in [6.07, 6.45) is 5.14. The first kappa shape index (κ1) is 14.7. The highest BCUT2D eigenvalue weighted by Gasteiger charge is 2.03. The molecule has 0 radical (unpaired) electrons. The third-order valence-electron chi connectivity index (χ3n) is 3.23. The largest absolute Gasteiger partial charge is 0.378 e. The predicted molar refractivity (Wildman–Crippen MR) is 91.6 cm³/mol. The van der Waals surface area contributed by atoms with E-state index < -0.39 is 0 Å². The highest BCUT2D eigenvalue weighted by Crippen LogP contribution is 2.14. The first-order valence-electron chi connectivity index (χ1n) is 7.11. The number of hydrogen-bond donors (Lipinski definition) is 2. The zero-order chi connectivity index (χ0) is 16.1. The molecule has 1 aromatic carbocycles. The summed E-state index contributed by atoms with van der Waals surface area (Å²) in [6.45, 7) is 0. The molecule has 7 heteroatoms. The number of aromatic amines is 1. The Hall–Kier alpha value is -3.22. The first-order chi connectivity index (χ1) is 11.2. The Balaban J connectivity index is 1.63. The van der Waals surface area contributed by atoms with Gasteiger partial charge in [0.05, 0.1) is 6.21 Å². The average Bonchev–Trinajstić information content (AvgIpc) is 3.05. The van der Waals surface area contributed by atoms with Gasteiger partial charge >= 0.3 is 0 Å². The van der Waals surface area contributed by atoms with Gasteiger partial charge in [0.1, 0.15) is 0 Å². The molecule has 0 amide bonds. The Morgan fingerprint density at radius 1 is 1.09 bits per heavy atom. The van der Waals surface area contributed by atoms with E-state index in [1.54, 1.807) is 18.6 Å². The molecule has 0 bridgehead atoms. The van der Waals surface area contributed by atoms with Crippen molar-refractivity contribution in [1.82, 2.24) is 20.2 Å².